The van der Waals surface area contributed by atoms with Crippen LogP contribution < -0.4 is 10.1 Å². The summed E-state index contributed by atoms with van der Waals surface area (Å²) in [6, 6.07) is 6.25. The average molecular weight is 251 g/mol. The first-order valence-electron chi connectivity index (χ1n) is 6.56. The minimum Gasteiger partial charge on any atom is -0.494 e. The third kappa shape index (κ3) is 4.67. The molecule has 0 amide bonds. The Hall–Kier alpha value is -1.06. The number of benzene rings is 1. The van der Waals surface area contributed by atoms with Crippen LogP contribution in [0.4, 0.5) is 0 Å². The van der Waals surface area contributed by atoms with Gasteiger partial charge in [0, 0.05) is 18.7 Å². The SMILES string of the molecule is CCOc1ccc(CNC(C)(C)CCO)cc1C. The molecule has 0 aliphatic rings. The lowest BCUT2D eigenvalue weighted by Gasteiger charge is -2.25. The predicted molar refractivity (Wildman–Crippen MR) is 75.0 cm³/mol. The van der Waals surface area contributed by atoms with Crippen molar-refractivity contribution in [3.8, 4) is 5.75 Å². The lowest BCUT2D eigenvalue weighted by molar-refractivity contribution is 0.230. The van der Waals surface area contributed by atoms with Crippen LogP contribution in [0.1, 0.15) is 38.3 Å². The number of aryl methyl sites for hydroxylation is 1. The zero-order valence-electron chi connectivity index (χ0n) is 11.9. The van der Waals surface area contributed by atoms with Gasteiger partial charge in [-0.1, -0.05) is 12.1 Å². The molecule has 0 bridgehead atoms. The van der Waals surface area contributed by atoms with Crippen LogP contribution >= 0.6 is 0 Å². The number of aliphatic hydroxyl groups is 1. The summed E-state index contributed by atoms with van der Waals surface area (Å²) >= 11 is 0. The van der Waals surface area contributed by atoms with Gasteiger partial charge in [-0.2, -0.15) is 0 Å². The summed E-state index contributed by atoms with van der Waals surface area (Å²) in [7, 11) is 0. The lowest BCUT2D eigenvalue weighted by atomic mass is 10.0. The molecule has 1 aromatic rings. The van der Waals surface area contributed by atoms with Crippen LogP contribution in [0.3, 0.4) is 0 Å². The first-order chi connectivity index (χ1) is 8.48. The normalized spacial score (nSPS) is 11.6. The Morgan fingerprint density at radius 2 is 2.06 bits per heavy atom. The summed E-state index contributed by atoms with van der Waals surface area (Å²) in [6.45, 7) is 9.97. The molecule has 1 aromatic carbocycles. The third-order valence-corrected chi connectivity index (χ3v) is 3.05. The third-order valence-electron chi connectivity index (χ3n) is 3.05. The average Bonchev–Trinajstić information content (AvgIpc) is 2.30. The van der Waals surface area contributed by atoms with Crippen molar-refractivity contribution in [3.05, 3.63) is 29.3 Å². The van der Waals surface area contributed by atoms with E-state index in [4.69, 9.17) is 9.84 Å². The summed E-state index contributed by atoms with van der Waals surface area (Å²) < 4.78 is 5.52. The van der Waals surface area contributed by atoms with Gasteiger partial charge in [0.2, 0.25) is 0 Å². The van der Waals surface area contributed by atoms with Gasteiger partial charge >= 0.3 is 0 Å². The van der Waals surface area contributed by atoms with Crippen molar-refractivity contribution < 1.29 is 9.84 Å². The fourth-order valence-electron chi connectivity index (χ4n) is 1.85. The molecule has 0 aliphatic heterocycles. The number of nitrogens with one attached hydrogen (secondary N) is 1. The van der Waals surface area contributed by atoms with E-state index in [0.717, 1.165) is 24.3 Å². The fraction of sp³-hybridized carbons (Fsp3) is 0.600. The predicted octanol–water partition coefficient (Wildman–Crippen LogP) is 2.64. The van der Waals surface area contributed by atoms with Crippen molar-refractivity contribution in [2.75, 3.05) is 13.2 Å². The van der Waals surface area contributed by atoms with Crippen LogP contribution in [0.5, 0.6) is 5.75 Å². The van der Waals surface area contributed by atoms with Crippen LogP contribution in [0, 0.1) is 6.92 Å². The Morgan fingerprint density at radius 3 is 2.61 bits per heavy atom. The van der Waals surface area contributed by atoms with Gasteiger partial charge in [-0.15, -0.1) is 0 Å². The van der Waals surface area contributed by atoms with Crippen molar-refractivity contribution >= 4 is 0 Å². The van der Waals surface area contributed by atoms with E-state index in [1.807, 2.05) is 13.0 Å². The highest BCUT2D eigenvalue weighted by Gasteiger charge is 2.15. The standard InChI is InChI=1S/C15H25NO2/c1-5-18-14-7-6-13(10-12(14)2)11-16-15(3,4)8-9-17/h6-7,10,16-17H,5,8-9,11H2,1-4H3. The molecule has 102 valence electrons. The molecule has 3 heteroatoms. The highest BCUT2D eigenvalue weighted by Crippen LogP contribution is 2.19. The Kier molecular flexibility index (Phi) is 5.63. The largest absolute Gasteiger partial charge is 0.494 e. The van der Waals surface area contributed by atoms with Crippen LogP contribution in [-0.4, -0.2) is 23.9 Å². The summed E-state index contributed by atoms with van der Waals surface area (Å²) in [6.07, 6.45) is 0.753. The number of rotatable bonds is 7. The Balaban J connectivity index is 2.61. The van der Waals surface area contributed by atoms with Crippen molar-refractivity contribution in [3.63, 3.8) is 0 Å². The monoisotopic (exact) mass is 251 g/mol. The Bertz CT molecular complexity index is 375. The number of aliphatic hydroxyl groups excluding tert-OH is 1. The second-order valence-corrected chi connectivity index (χ2v) is 5.24. The van der Waals surface area contributed by atoms with E-state index in [9.17, 15) is 0 Å². The summed E-state index contributed by atoms with van der Waals surface area (Å²) in [5.41, 5.74) is 2.36. The van der Waals surface area contributed by atoms with E-state index in [0.29, 0.717) is 6.61 Å². The van der Waals surface area contributed by atoms with E-state index >= 15 is 0 Å². The summed E-state index contributed by atoms with van der Waals surface area (Å²) in [5.74, 6) is 0.955. The molecule has 0 aliphatic carbocycles. The number of hydrogen-bond acceptors (Lipinski definition) is 3. The summed E-state index contributed by atoms with van der Waals surface area (Å²) in [5, 5.41) is 12.4. The van der Waals surface area contributed by atoms with Gasteiger partial charge in [-0.25, -0.2) is 0 Å². The van der Waals surface area contributed by atoms with E-state index < -0.39 is 0 Å². The van der Waals surface area contributed by atoms with Crippen LogP contribution in [0.25, 0.3) is 0 Å². The van der Waals surface area contributed by atoms with Gasteiger partial charge in [0.15, 0.2) is 0 Å². The van der Waals surface area contributed by atoms with Gasteiger partial charge in [-0.05, 0) is 51.3 Å². The Labute approximate surface area is 110 Å². The molecule has 0 unspecified atom stereocenters. The van der Waals surface area contributed by atoms with Gasteiger partial charge in [0.1, 0.15) is 5.75 Å². The highest BCUT2D eigenvalue weighted by molar-refractivity contribution is 5.36. The van der Waals surface area contributed by atoms with E-state index in [1.54, 1.807) is 0 Å². The molecule has 0 saturated carbocycles. The van der Waals surface area contributed by atoms with E-state index in [2.05, 4.69) is 38.2 Å². The zero-order valence-corrected chi connectivity index (χ0v) is 11.9. The maximum absolute atomic E-state index is 8.98. The summed E-state index contributed by atoms with van der Waals surface area (Å²) in [4.78, 5) is 0. The molecule has 0 saturated heterocycles. The minimum absolute atomic E-state index is 0.0404. The number of hydrogen-bond donors (Lipinski definition) is 2. The molecule has 0 atom stereocenters. The zero-order chi connectivity index (χ0) is 13.6. The number of ether oxygens (including phenoxy) is 1. The second-order valence-electron chi connectivity index (χ2n) is 5.24. The minimum atomic E-state index is -0.0404. The van der Waals surface area contributed by atoms with Crippen molar-refractivity contribution in [2.24, 2.45) is 0 Å². The molecule has 18 heavy (non-hydrogen) atoms. The molecular weight excluding hydrogens is 226 g/mol. The van der Waals surface area contributed by atoms with Crippen molar-refractivity contribution in [1.82, 2.24) is 5.32 Å². The van der Waals surface area contributed by atoms with Crippen LogP contribution in [0.15, 0.2) is 18.2 Å². The molecule has 0 spiro atoms. The van der Waals surface area contributed by atoms with Gasteiger partial charge in [-0.3, -0.25) is 0 Å². The van der Waals surface area contributed by atoms with Gasteiger partial charge in [0.25, 0.3) is 0 Å². The lowest BCUT2D eigenvalue weighted by Crippen LogP contribution is -2.39. The maximum Gasteiger partial charge on any atom is 0.122 e. The van der Waals surface area contributed by atoms with E-state index in [-0.39, 0.29) is 12.1 Å². The fourth-order valence-corrected chi connectivity index (χ4v) is 1.85. The van der Waals surface area contributed by atoms with Crippen LogP contribution in [0.2, 0.25) is 0 Å². The molecule has 0 radical (unpaired) electrons. The van der Waals surface area contributed by atoms with Crippen LogP contribution in [-0.2, 0) is 6.54 Å². The molecule has 0 fully saturated rings. The molecule has 0 aromatic heterocycles. The van der Waals surface area contributed by atoms with Gasteiger partial charge < -0.3 is 15.2 Å². The van der Waals surface area contributed by atoms with E-state index in [1.165, 1.54) is 5.56 Å². The maximum atomic E-state index is 8.98. The first-order valence-corrected chi connectivity index (χ1v) is 6.56. The first kappa shape index (κ1) is 15.0. The second kappa shape index (κ2) is 6.76. The Morgan fingerprint density at radius 1 is 1.33 bits per heavy atom. The quantitative estimate of drug-likeness (QED) is 0.783. The molecule has 2 N–H and O–H groups in total. The van der Waals surface area contributed by atoms with Gasteiger partial charge in [0.05, 0.1) is 6.61 Å². The molecule has 1 rings (SSSR count). The molecule has 3 nitrogen and oxygen atoms in total. The van der Waals surface area contributed by atoms with Crippen molar-refractivity contribution in [2.45, 2.75) is 46.2 Å². The smallest absolute Gasteiger partial charge is 0.122 e. The topological polar surface area (TPSA) is 41.5 Å². The van der Waals surface area contributed by atoms with Crippen molar-refractivity contribution in [1.29, 1.82) is 0 Å². The highest BCUT2D eigenvalue weighted by atomic mass is 16.5. The molecular formula is C15H25NO2. The molecule has 0 heterocycles.